The van der Waals surface area contributed by atoms with Crippen LogP contribution in [0.4, 0.5) is 43.9 Å². The van der Waals surface area contributed by atoms with Crippen LogP contribution in [-0.2, 0) is 0 Å². The topological polar surface area (TPSA) is 0 Å². The minimum Gasteiger partial charge on any atom is -0.210 e. The molecule has 0 aliphatic heterocycles. The largest absolute Gasteiger partial charge is 0.301 e. The van der Waals surface area contributed by atoms with Gasteiger partial charge >= 0.3 is 12.2 Å². The van der Waals surface area contributed by atoms with Gasteiger partial charge in [-0.2, -0.15) is 17.6 Å². The smallest absolute Gasteiger partial charge is 0.210 e. The highest BCUT2D eigenvalue weighted by atomic mass is 19.3. The van der Waals surface area contributed by atoms with Crippen LogP contribution in [0, 0.1) is 0 Å². The Morgan fingerprint density at radius 3 is 0.833 bits per heavy atom. The van der Waals surface area contributed by atoms with Crippen LogP contribution < -0.4 is 0 Å². The molecule has 0 saturated carbocycles. The average Bonchev–Trinajstić information content (AvgIpc) is 2.16. The lowest BCUT2D eigenvalue weighted by molar-refractivity contribution is 0.136. The molecule has 0 fully saturated rings. The van der Waals surface area contributed by atoms with Crippen LogP contribution in [0.5, 0.6) is 0 Å². The van der Waals surface area contributed by atoms with Crippen molar-refractivity contribution in [2.24, 2.45) is 0 Å². The van der Waals surface area contributed by atoms with Gasteiger partial charge in [0, 0.05) is 0 Å². The van der Waals surface area contributed by atoms with E-state index in [1.165, 1.54) is 0 Å². The van der Waals surface area contributed by atoms with Crippen molar-refractivity contribution in [2.45, 2.75) is 25.7 Å². The first-order valence-electron chi connectivity index (χ1n) is 4.03. The van der Waals surface area contributed by atoms with Crippen molar-refractivity contribution in [1.29, 1.82) is 0 Å². The van der Waals surface area contributed by atoms with Gasteiger partial charge in [-0.25, -0.2) is 26.3 Å². The predicted molar refractivity (Wildman–Crippen MR) is 41.9 cm³/mol. The molecule has 10 heteroatoms. The summed E-state index contributed by atoms with van der Waals surface area (Å²) < 4.78 is 111. The van der Waals surface area contributed by atoms with Gasteiger partial charge in [0.1, 0.15) is 0 Å². The Morgan fingerprint density at radius 2 is 0.778 bits per heavy atom. The van der Waals surface area contributed by atoms with Crippen LogP contribution in [0.1, 0.15) is 12.8 Å². The van der Waals surface area contributed by atoms with E-state index in [0.29, 0.717) is 0 Å². The van der Waals surface area contributed by atoms with Gasteiger partial charge in [0.05, 0.1) is 12.8 Å². The Bertz CT molecular complexity index is 254. The summed E-state index contributed by atoms with van der Waals surface area (Å²) in [4.78, 5) is 0. The van der Waals surface area contributed by atoms with Gasteiger partial charge in [0.2, 0.25) is 12.9 Å². The first-order valence-corrected chi connectivity index (χ1v) is 4.03. The van der Waals surface area contributed by atoms with E-state index in [2.05, 4.69) is 0 Å². The number of hydrogen-bond donors (Lipinski definition) is 0. The third kappa shape index (κ3) is 12.8. The zero-order valence-corrected chi connectivity index (χ0v) is 8.35. The summed E-state index contributed by atoms with van der Waals surface area (Å²) in [6.45, 7) is 0. The normalized spacial score (nSPS) is 10.0. The van der Waals surface area contributed by atoms with Crippen molar-refractivity contribution in [2.75, 3.05) is 0 Å². The highest BCUT2D eigenvalue weighted by Crippen LogP contribution is 2.17. The van der Waals surface area contributed by atoms with Crippen LogP contribution in [0.15, 0.2) is 23.8 Å². The summed E-state index contributed by atoms with van der Waals surface area (Å²) in [7, 11) is 0. The van der Waals surface area contributed by atoms with E-state index in [0.717, 1.165) is 0 Å². The molecule has 0 saturated heterocycles. The minimum absolute atomic E-state index is 1.50. The van der Waals surface area contributed by atoms with Gasteiger partial charge in [0.15, 0.2) is 11.7 Å². The second kappa shape index (κ2) is 9.77. The fourth-order valence-electron chi connectivity index (χ4n) is 0.425. The van der Waals surface area contributed by atoms with Crippen LogP contribution in [0.3, 0.4) is 0 Å². The summed E-state index contributed by atoms with van der Waals surface area (Å²) in [5.41, 5.74) is 0. The van der Waals surface area contributed by atoms with E-state index in [1.54, 1.807) is 0 Å². The Balaban J connectivity index is 0. The van der Waals surface area contributed by atoms with Crippen molar-refractivity contribution < 1.29 is 43.9 Å². The van der Waals surface area contributed by atoms with E-state index in [9.17, 15) is 43.9 Å². The lowest BCUT2D eigenvalue weighted by Crippen LogP contribution is -1.90. The molecule has 0 N–H and O–H groups in total. The number of alkyl halides is 4. The van der Waals surface area contributed by atoms with Crippen molar-refractivity contribution in [3.05, 3.63) is 23.8 Å². The summed E-state index contributed by atoms with van der Waals surface area (Å²) in [5.74, 6) is -4.07. The second-order valence-corrected chi connectivity index (χ2v) is 2.52. The minimum atomic E-state index is -3.05. The highest BCUT2D eigenvalue weighted by Gasteiger charge is 2.12. The van der Waals surface area contributed by atoms with E-state index in [4.69, 9.17) is 0 Å². The monoisotopic (exact) mass is 292 g/mol. The highest BCUT2D eigenvalue weighted by molar-refractivity contribution is 4.92. The molecule has 0 heterocycles. The molecule has 0 rings (SSSR count). The number of rotatable bonds is 4. The van der Waals surface area contributed by atoms with Crippen molar-refractivity contribution in [3.63, 3.8) is 0 Å². The van der Waals surface area contributed by atoms with Crippen molar-refractivity contribution >= 4 is 0 Å². The molecule has 0 spiro atoms. The number of hydrogen-bond acceptors (Lipinski definition) is 0. The molecule has 0 aromatic rings. The van der Waals surface area contributed by atoms with Crippen LogP contribution in [-0.4, -0.2) is 12.9 Å². The SMILES string of the molecule is FC(F)=C(F)CC(F)F.FC(F)=C(F)CC(F)F. The molecule has 0 aromatic carbocycles. The lowest BCUT2D eigenvalue weighted by Gasteiger charge is -1.91. The van der Waals surface area contributed by atoms with Gasteiger partial charge in [-0.3, -0.25) is 0 Å². The Morgan fingerprint density at radius 1 is 0.556 bits per heavy atom. The van der Waals surface area contributed by atoms with Crippen molar-refractivity contribution in [3.8, 4) is 0 Å². The van der Waals surface area contributed by atoms with E-state index in [-0.39, 0.29) is 0 Å². The van der Waals surface area contributed by atoms with Gasteiger partial charge < -0.3 is 0 Å². The Kier molecular flexibility index (Phi) is 10.4. The molecule has 0 amide bonds. The predicted octanol–water partition coefficient (Wildman–Crippen LogP) is 5.44. The molecule has 108 valence electrons. The van der Waals surface area contributed by atoms with Gasteiger partial charge in [-0.1, -0.05) is 0 Å². The molecule has 0 unspecified atom stereocenters. The third-order valence-corrected chi connectivity index (χ3v) is 1.08. The van der Waals surface area contributed by atoms with E-state index >= 15 is 0 Å². The van der Waals surface area contributed by atoms with Crippen LogP contribution >= 0.6 is 0 Å². The Labute approximate surface area is 94.6 Å². The maximum absolute atomic E-state index is 11.4. The Hall–Kier alpha value is -1.22. The summed E-state index contributed by atoms with van der Waals surface area (Å²) in [6, 6.07) is 0. The first-order chi connectivity index (χ1) is 8.07. The molecule has 0 radical (unpaired) electrons. The molecule has 0 aliphatic carbocycles. The molecule has 0 bridgehead atoms. The summed E-state index contributed by atoms with van der Waals surface area (Å²) in [5, 5.41) is 0. The number of halogens is 10. The quantitative estimate of drug-likeness (QED) is 0.605. The van der Waals surface area contributed by atoms with E-state index < -0.39 is 49.5 Å². The first kappa shape index (κ1) is 19.1. The fourth-order valence-corrected chi connectivity index (χ4v) is 0.425. The van der Waals surface area contributed by atoms with Gasteiger partial charge in [0.25, 0.3) is 0 Å². The summed E-state index contributed by atoms with van der Waals surface area (Å²) >= 11 is 0. The maximum Gasteiger partial charge on any atom is 0.301 e. The molecule has 0 nitrogen and oxygen atoms in total. The lowest BCUT2D eigenvalue weighted by atomic mass is 10.4. The fraction of sp³-hybridized carbons (Fsp3) is 0.500. The standard InChI is InChI=1S/2C4H3F5/c2*5-2(4(8)9)1-3(6)7/h2*3H,1H2. The van der Waals surface area contributed by atoms with E-state index in [1.807, 2.05) is 0 Å². The average molecular weight is 292 g/mol. The zero-order valence-electron chi connectivity index (χ0n) is 8.35. The molecular formula is C8H6F10. The summed E-state index contributed by atoms with van der Waals surface area (Å²) in [6.07, 6.45) is -14.4. The molecular weight excluding hydrogens is 286 g/mol. The maximum atomic E-state index is 11.4. The van der Waals surface area contributed by atoms with Crippen LogP contribution in [0.2, 0.25) is 0 Å². The molecule has 18 heavy (non-hydrogen) atoms. The van der Waals surface area contributed by atoms with Crippen molar-refractivity contribution in [1.82, 2.24) is 0 Å². The second-order valence-electron chi connectivity index (χ2n) is 2.52. The van der Waals surface area contributed by atoms with Gasteiger partial charge in [-0.05, 0) is 0 Å². The van der Waals surface area contributed by atoms with Crippen LogP contribution in [0.25, 0.3) is 0 Å². The van der Waals surface area contributed by atoms with Gasteiger partial charge in [-0.15, -0.1) is 0 Å². The molecule has 0 aromatic heterocycles. The molecule has 0 atom stereocenters. The third-order valence-electron chi connectivity index (χ3n) is 1.08. The molecule has 0 aliphatic rings. The number of allylic oxidation sites excluding steroid dienone is 2. The zero-order chi connectivity index (χ0) is 14.9.